The van der Waals surface area contributed by atoms with Crippen LogP contribution in [-0.2, 0) is 0 Å². The van der Waals surface area contributed by atoms with Gasteiger partial charge in [-0.3, -0.25) is 0 Å². The minimum atomic E-state index is 0.855. The molecule has 3 aromatic rings. The lowest BCUT2D eigenvalue weighted by Crippen LogP contribution is -1.87. The van der Waals surface area contributed by atoms with E-state index in [0.717, 1.165) is 32.8 Å². The lowest BCUT2D eigenvalue weighted by molar-refractivity contribution is 0.415. The minimum Gasteiger partial charge on any atom is -0.497 e. The third kappa shape index (κ3) is 2.12. The van der Waals surface area contributed by atoms with Gasteiger partial charge >= 0.3 is 0 Å². The van der Waals surface area contributed by atoms with Gasteiger partial charge in [0.1, 0.15) is 11.4 Å². The SMILES string of the molecule is COc1ccc(-c2nc3ccc(Br)cn3c2C)cc1. The van der Waals surface area contributed by atoms with Gasteiger partial charge < -0.3 is 9.14 Å². The Labute approximate surface area is 120 Å². The van der Waals surface area contributed by atoms with E-state index >= 15 is 0 Å². The summed E-state index contributed by atoms with van der Waals surface area (Å²) in [4.78, 5) is 4.68. The fraction of sp³-hybridized carbons (Fsp3) is 0.133. The van der Waals surface area contributed by atoms with Gasteiger partial charge in [-0.05, 0) is 59.3 Å². The van der Waals surface area contributed by atoms with Crippen LogP contribution in [0.4, 0.5) is 0 Å². The molecular weight excluding hydrogens is 304 g/mol. The fourth-order valence-corrected chi connectivity index (χ4v) is 2.50. The molecule has 1 aromatic carbocycles. The predicted molar refractivity (Wildman–Crippen MR) is 79.6 cm³/mol. The maximum Gasteiger partial charge on any atom is 0.137 e. The summed E-state index contributed by atoms with van der Waals surface area (Å²) in [7, 11) is 1.67. The van der Waals surface area contributed by atoms with E-state index in [-0.39, 0.29) is 0 Å². The number of rotatable bonds is 2. The molecule has 19 heavy (non-hydrogen) atoms. The molecule has 0 amide bonds. The number of imidazole rings is 1. The first-order valence-corrected chi connectivity index (χ1v) is 6.77. The van der Waals surface area contributed by atoms with Crippen LogP contribution >= 0.6 is 15.9 Å². The highest BCUT2D eigenvalue weighted by atomic mass is 79.9. The summed E-state index contributed by atoms with van der Waals surface area (Å²) < 4.78 is 8.31. The number of hydrogen-bond donors (Lipinski definition) is 0. The first-order chi connectivity index (χ1) is 9.19. The van der Waals surface area contributed by atoms with Crippen LogP contribution in [0.25, 0.3) is 16.9 Å². The topological polar surface area (TPSA) is 26.5 Å². The van der Waals surface area contributed by atoms with Crippen LogP contribution in [0.2, 0.25) is 0 Å². The van der Waals surface area contributed by atoms with Gasteiger partial charge in [0.2, 0.25) is 0 Å². The van der Waals surface area contributed by atoms with E-state index < -0.39 is 0 Å². The van der Waals surface area contributed by atoms with Crippen molar-refractivity contribution in [1.82, 2.24) is 9.38 Å². The van der Waals surface area contributed by atoms with E-state index in [0.29, 0.717) is 0 Å². The fourth-order valence-electron chi connectivity index (χ4n) is 2.16. The lowest BCUT2D eigenvalue weighted by atomic mass is 10.1. The van der Waals surface area contributed by atoms with Crippen molar-refractivity contribution in [1.29, 1.82) is 0 Å². The average Bonchev–Trinajstić information content (AvgIpc) is 2.76. The van der Waals surface area contributed by atoms with Gasteiger partial charge in [-0.15, -0.1) is 0 Å². The molecule has 0 saturated heterocycles. The van der Waals surface area contributed by atoms with Crippen LogP contribution in [-0.4, -0.2) is 16.5 Å². The number of pyridine rings is 1. The zero-order valence-corrected chi connectivity index (χ0v) is 12.3. The van der Waals surface area contributed by atoms with Gasteiger partial charge in [0.15, 0.2) is 0 Å². The Kier molecular flexibility index (Phi) is 3.03. The Morgan fingerprint density at radius 1 is 1.11 bits per heavy atom. The number of ether oxygens (including phenoxy) is 1. The van der Waals surface area contributed by atoms with Crippen LogP contribution in [0.15, 0.2) is 47.1 Å². The number of nitrogens with zero attached hydrogens (tertiary/aromatic N) is 2. The van der Waals surface area contributed by atoms with Crippen LogP contribution in [0, 0.1) is 6.92 Å². The second-order valence-electron chi connectivity index (χ2n) is 4.35. The quantitative estimate of drug-likeness (QED) is 0.712. The highest BCUT2D eigenvalue weighted by molar-refractivity contribution is 9.10. The Hall–Kier alpha value is -1.81. The van der Waals surface area contributed by atoms with E-state index in [1.165, 1.54) is 0 Å². The van der Waals surface area contributed by atoms with Gasteiger partial charge in [-0.1, -0.05) is 0 Å². The van der Waals surface area contributed by atoms with Crippen LogP contribution in [0.5, 0.6) is 5.75 Å². The normalized spacial score (nSPS) is 10.9. The first-order valence-electron chi connectivity index (χ1n) is 5.97. The van der Waals surface area contributed by atoms with E-state index in [2.05, 4.69) is 32.2 Å². The number of halogens is 1. The van der Waals surface area contributed by atoms with Gasteiger partial charge in [-0.2, -0.15) is 0 Å². The molecular formula is C15H13BrN2O. The van der Waals surface area contributed by atoms with Crippen molar-refractivity contribution in [3.63, 3.8) is 0 Å². The summed E-state index contributed by atoms with van der Waals surface area (Å²) in [6.07, 6.45) is 2.03. The molecule has 0 atom stereocenters. The smallest absolute Gasteiger partial charge is 0.137 e. The average molecular weight is 317 g/mol. The Balaban J connectivity index is 2.16. The Bertz CT molecular complexity index is 732. The third-order valence-electron chi connectivity index (χ3n) is 3.18. The number of benzene rings is 1. The lowest BCUT2D eigenvalue weighted by Gasteiger charge is -2.02. The summed E-state index contributed by atoms with van der Waals surface area (Å²) in [6, 6.07) is 12.0. The van der Waals surface area contributed by atoms with E-state index in [4.69, 9.17) is 4.74 Å². The molecule has 0 aliphatic carbocycles. The second kappa shape index (κ2) is 4.70. The summed E-state index contributed by atoms with van der Waals surface area (Å²) in [5.74, 6) is 0.855. The number of methoxy groups -OCH3 is 1. The van der Waals surface area contributed by atoms with Crippen molar-refractivity contribution in [2.45, 2.75) is 6.92 Å². The number of fused-ring (bicyclic) bond motifs is 1. The highest BCUT2D eigenvalue weighted by Crippen LogP contribution is 2.26. The molecule has 0 fully saturated rings. The second-order valence-corrected chi connectivity index (χ2v) is 5.27. The van der Waals surface area contributed by atoms with Crippen LogP contribution < -0.4 is 4.74 Å². The van der Waals surface area contributed by atoms with Crippen LogP contribution in [0.1, 0.15) is 5.69 Å². The van der Waals surface area contributed by atoms with E-state index in [9.17, 15) is 0 Å². The van der Waals surface area contributed by atoms with Gasteiger partial charge in [-0.25, -0.2) is 4.98 Å². The maximum absolute atomic E-state index is 5.18. The van der Waals surface area contributed by atoms with Gasteiger partial charge in [0.05, 0.1) is 12.8 Å². The molecule has 2 aromatic heterocycles. The van der Waals surface area contributed by atoms with Crippen LogP contribution in [0.3, 0.4) is 0 Å². The number of hydrogen-bond acceptors (Lipinski definition) is 2. The van der Waals surface area contributed by atoms with Crippen molar-refractivity contribution in [2.75, 3.05) is 7.11 Å². The van der Waals surface area contributed by atoms with Crippen molar-refractivity contribution >= 4 is 21.6 Å². The zero-order chi connectivity index (χ0) is 13.4. The largest absolute Gasteiger partial charge is 0.497 e. The molecule has 0 aliphatic heterocycles. The molecule has 3 nitrogen and oxygen atoms in total. The molecule has 0 aliphatic rings. The zero-order valence-electron chi connectivity index (χ0n) is 10.7. The number of aryl methyl sites for hydroxylation is 1. The van der Waals surface area contributed by atoms with Crippen molar-refractivity contribution in [3.05, 3.63) is 52.8 Å². The highest BCUT2D eigenvalue weighted by Gasteiger charge is 2.10. The van der Waals surface area contributed by atoms with E-state index in [1.54, 1.807) is 7.11 Å². The van der Waals surface area contributed by atoms with E-state index in [1.807, 2.05) is 42.6 Å². The molecule has 0 saturated carbocycles. The molecule has 96 valence electrons. The molecule has 0 radical (unpaired) electrons. The molecule has 4 heteroatoms. The Morgan fingerprint density at radius 2 is 1.84 bits per heavy atom. The molecule has 0 unspecified atom stereocenters. The molecule has 3 rings (SSSR count). The summed E-state index contributed by atoms with van der Waals surface area (Å²) in [5.41, 5.74) is 4.17. The standard InChI is InChI=1S/C15H13BrN2O/c1-10-15(11-3-6-13(19-2)7-4-11)17-14-8-5-12(16)9-18(10)14/h3-9H,1-2H3. The monoisotopic (exact) mass is 316 g/mol. The summed E-state index contributed by atoms with van der Waals surface area (Å²) >= 11 is 3.49. The Morgan fingerprint density at radius 3 is 2.53 bits per heavy atom. The van der Waals surface area contributed by atoms with Crippen molar-refractivity contribution in [3.8, 4) is 17.0 Å². The van der Waals surface area contributed by atoms with Crippen molar-refractivity contribution in [2.24, 2.45) is 0 Å². The third-order valence-corrected chi connectivity index (χ3v) is 3.65. The number of aromatic nitrogens is 2. The predicted octanol–water partition coefficient (Wildman–Crippen LogP) is 4.08. The van der Waals surface area contributed by atoms with Gasteiger partial charge in [0, 0.05) is 21.9 Å². The molecule has 2 heterocycles. The minimum absolute atomic E-state index is 0.855. The molecule has 0 spiro atoms. The molecule has 0 bridgehead atoms. The first kappa shape index (κ1) is 12.2. The molecule has 0 N–H and O–H groups in total. The maximum atomic E-state index is 5.18. The summed E-state index contributed by atoms with van der Waals surface area (Å²) in [5, 5.41) is 0. The van der Waals surface area contributed by atoms with Gasteiger partial charge in [0.25, 0.3) is 0 Å². The summed E-state index contributed by atoms with van der Waals surface area (Å²) in [6.45, 7) is 2.08. The van der Waals surface area contributed by atoms with Crippen molar-refractivity contribution < 1.29 is 4.74 Å².